The van der Waals surface area contributed by atoms with E-state index in [0.29, 0.717) is 13.2 Å². The lowest BCUT2D eigenvalue weighted by Gasteiger charge is -2.18. The molecule has 0 spiro atoms. The number of benzene rings is 2. The summed E-state index contributed by atoms with van der Waals surface area (Å²) in [4.78, 5) is 0. The Hall–Kier alpha value is -2.17. The van der Waals surface area contributed by atoms with Crippen molar-refractivity contribution >= 4 is 0 Å². The standard InChI is InChI=1S/C19H19F3O2/c20-19(21,22)16-8-5-14(6-9-16)3-1-2-4-15-7-10-17-18(13-15)24-12-11-23-17/h5-10,13H,1-4,11-12H2. The number of alkyl halides is 3. The molecule has 1 heterocycles. The number of rotatable bonds is 5. The van der Waals surface area contributed by atoms with Gasteiger partial charge in [0, 0.05) is 0 Å². The summed E-state index contributed by atoms with van der Waals surface area (Å²) in [5, 5.41) is 0. The number of aryl methyl sites for hydroxylation is 2. The Kier molecular flexibility index (Phi) is 4.97. The smallest absolute Gasteiger partial charge is 0.416 e. The van der Waals surface area contributed by atoms with Gasteiger partial charge in [0.2, 0.25) is 0 Å². The van der Waals surface area contributed by atoms with E-state index in [0.717, 1.165) is 54.9 Å². The Morgan fingerprint density at radius 3 is 2.00 bits per heavy atom. The first kappa shape index (κ1) is 16.7. The van der Waals surface area contributed by atoms with Crippen molar-refractivity contribution in [1.29, 1.82) is 0 Å². The predicted molar refractivity (Wildman–Crippen MR) is 85.5 cm³/mol. The Morgan fingerprint density at radius 2 is 1.33 bits per heavy atom. The number of ether oxygens (including phenoxy) is 2. The fourth-order valence-corrected chi connectivity index (χ4v) is 2.76. The van der Waals surface area contributed by atoms with Gasteiger partial charge in [-0.3, -0.25) is 0 Å². The van der Waals surface area contributed by atoms with Gasteiger partial charge in [0.1, 0.15) is 13.2 Å². The summed E-state index contributed by atoms with van der Waals surface area (Å²) < 4.78 is 48.6. The molecule has 0 amide bonds. The van der Waals surface area contributed by atoms with Crippen LogP contribution in [0.1, 0.15) is 29.5 Å². The first-order valence-corrected chi connectivity index (χ1v) is 8.07. The first-order valence-electron chi connectivity index (χ1n) is 8.07. The lowest BCUT2D eigenvalue weighted by Crippen LogP contribution is -2.15. The molecule has 1 aliphatic rings. The summed E-state index contributed by atoms with van der Waals surface area (Å²) in [5.41, 5.74) is 1.53. The average Bonchev–Trinajstić information content (AvgIpc) is 2.58. The molecule has 2 nitrogen and oxygen atoms in total. The van der Waals surface area contributed by atoms with Crippen molar-refractivity contribution in [2.75, 3.05) is 13.2 Å². The molecule has 0 aromatic heterocycles. The van der Waals surface area contributed by atoms with Crippen molar-refractivity contribution in [3.63, 3.8) is 0 Å². The number of hydrogen-bond acceptors (Lipinski definition) is 2. The van der Waals surface area contributed by atoms with Crippen LogP contribution in [0.4, 0.5) is 13.2 Å². The normalized spacial score (nSPS) is 13.8. The van der Waals surface area contributed by atoms with Crippen LogP contribution in [0.2, 0.25) is 0 Å². The minimum Gasteiger partial charge on any atom is -0.486 e. The molecule has 1 aliphatic heterocycles. The predicted octanol–water partition coefficient (Wildman–Crippen LogP) is 5.04. The van der Waals surface area contributed by atoms with Gasteiger partial charge >= 0.3 is 6.18 Å². The minimum atomic E-state index is -4.27. The molecule has 0 atom stereocenters. The van der Waals surface area contributed by atoms with E-state index in [2.05, 4.69) is 0 Å². The summed E-state index contributed by atoms with van der Waals surface area (Å²) >= 11 is 0. The number of hydrogen-bond donors (Lipinski definition) is 0. The Morgan fingerprint density at radius 1 is 0.750 bits per heavy atom. The van der Waals surface area contributed by atoms with Crippen LogP contribution in [0.3, 0.4) is 0 Å². The molecule has 0 radical (unpaired) electrons. The number of unbranched alkanes of at least 4 members (excludes halogenated alkanes) is 1. The molecule has 0 fully saturated rings. The van der Waals surface area contributed by atoms with Crippen LogP contribution >= 0.6 is 0 Å². The fourth-order valence-electron chi connectivity index (χ4n) is 2.76. The zero-order chi connectivity index (χ0) is 17.0. The number of halogens is 3. The molecule has 5 heteroatoms. The molecular weight excluding hydrogens is 317 g/mol. The lowest BCUT2D eigenvalue weighted by molar-refractivity contribution is -0.137. The van der Waals surface area contributed by atoms with Crippen molar-refractivity contribution in [3.05, 3.63) is 59.2 Å². The summed E-state index contributed by atoms with van der Waals surface area (Å²) in [6.45, 7) is 1.16. The van der Waals surface area contributed by atoms with Gasteiger partial charge in [0.25, 0.3) is 0 Å². The highest BCUT2D eigenvalue weighted by molar-refractivity contribution is 5.43. The third-order valence-electron chi connectivity index (χ3n) is 4.07. The largest absolute Gasteiger partial charge is 0.486 e. The Bertz CT molecular complexity index is 678. The zero-order valence-corrected chi connectivity index (χ0v) is 13.2. The van der Waals surface area contributed by atoms with E-state index in [4.69, 9.17) is 9.47 Å². The third-order valence-corrected chi connectivity index (χ3v) is 4.07. The van der Waals surface area contributed by atoms with Crippen LogP contribution in [0.25, 0.3) is 0 Å². The van der Waals surface area contributed by atoms with Crippen molar-refractivity contribution in [2.24, 2.45) is 0 Å². The number of fused-ring (bicyclic) bond motifs is 1. The Balaban J connectivity index is 1.47. The van der Waals surface area contributed by atoms with Crippen molar-refractivity contribution in [3.8, 4) is 11.5 Å². The molecule has 0 saturated heterocycles. The summed E-state index contributed by atoms with van der Waals surface area (Å²) in [6.07, 6.45) is -0.669. The van der Waals surface area contributed by atoms with Gasteiger partial charge in [-0.05, 0) is 61.1 Å². The van der Waals surface area contributed by atoms with Crippen molar-refractivity contribution < 1.29 is 22.6 Å². The highest BCUT2D eigenvalue weighted by Crippen LogP contribution is 2.31. The molecule has 2 aromatic carbocycles. The highest BCUT2D eigenvalue weighted by Gasteiger charge is 2.29. The van der Waals surface area contributed by atoms with Gasteiger partial charge < -0.3 is 9.47 Å². The highest BCUT2D eigenvalue weighted by atomic mass is 19.4. The quantitative estimate of drug-likeness (QED) is 0.712. The van der Waals surface area contributed by atoms with Crippen LogP contribution in [0, 0.1) is 0 Å². The monoisotopic (exact) mass is 336 g/mol. The molecular formula is C19H19F3O2. The maximum Gasteiger partial charge on any atom is 0.416 e. The maximum atomic E-state index is 12.5. The molecule has 0 saturated carbocycles. The SMILES string of the molecule is FC(F)(F)c1ccc(CCCCc2ccc3c(c2)OCCO3)cc1. The second-order valence-corrected chi connectivity index (χ2v) is 5.88. The van der Waals surface area contributed by atoms with Crippen LogP contribution in [-0.4, -0.2) is 13.2 Å². The van der Waals surface area contributed by atoms with Gasteiger partial charge in [-0.15, -0.1) is 0 Å². The summed E-state index contributed by atoms with van der Waals surface area (Å²) in [7, 11) is 0. The van der Waals surface area contributed by atoms with E-state index in [1.54, 1.807) is 12.1 Å². The lowest BCUT2D eigenvalue weighted by atomic mass is 10.0. The van der Waals surface area contributed by atoms with Crippen molar-refractivity contribution in [1.82, 2.24) is 0 Å². The van der Waals surface area contributed by atoms with Crippen LogP contribution in [-0.2, 0) is 19.0 Å². The molecule has 3 rings (SSSR count). The van der Waals surface area contributed by atoms with Gasteiger partial charge in [0.15, 0.2) is 11.5 Å². The zero-order valence-electron chi connectivity index (χ0n) is 13.2. The van der Waals surface area contributed by atoms with Gasteiger partial charge in [-0.25, -0.2) is 0 Å². The summed E-state index contributed by atoms with van der Waals surface area (Å²) in [5.74, 6) is 1.58. The third kappa shape index (κ3) is 4.22. The maximum absolute atomic E-state index is 12.5. The first-order chi connectivity index (χ1) is 11.5. The van der Waals surface area contributed by atoms with E-state index in [1.165, 1.54) is 5.56 Å². The van der Waals surface area contributed by atoms with Gasteiger partial charge in [0.05, 0.1) is 5.56 Å². The molecule has 128 valence electrons. The minimum absolute atomic E-state index is 0.574. The van der Waals surface area contributed by atoms with Crippen LogP contribution in [0.15, 0.2) is 42.5 Å². The van der Waals surface area contributed by atoms with Crippen molar-refractivity contribution in [2.45, 2.75) is 31.9 Å². The van der Waals surface area contributed by atoms with E-state index in [1.807, 2.05) is 18.2 Å². The molecule has 0 N–H and O–H groups in total. The van der Waals surface area contributed by atoms with E-state index in [-0.39, 0.29) is 0 Å². The molecule has 0 bridgehead atoms. The molecule has 0 aliphatic carbocycles. The fraction of sp³-hybridized carbons (Fsp3) is 0.368. The van der Waals surface area contributed by atoms with Crippen LogP contribution in [0.5, 0.6) is 11.5 Å². The van der Waals surface area contributed by atoms with E-state index < -0.39 is 11.7 Å². The van der Waals surface area contributed by atoms with Crippen LogP contribution < -0.4 is 9.47 Å². The van der Waals surface area contributed by atoms with E-state index >= 15 is 0 Å². The molecule has 2 aromatic rings. The average molecular weight is 336 g/mol. The van der Waals surface area contributed by atoms with Gasteiger partial charge in [-0.1, -0.05) is 18.2 Å². The molecule has 0 unspecified atom stereocenters. The second kappa shape index (κ2) is 7.16. The van der Waals surface area contributed by atoms with Gasteiger partial charge in [-0.2, -0.15) is 13.2 Å². The Labute approximate surface area is 139 Å². The second-order valence-electron chi connectivity index (χ2n) is 5.88. The summed E-state index contributed by atoms with van der Waals surface area (Å²) in [6, 6.07) is 11.4. The topological polar surface area (TPSA) is 18.5 Å². The molecule has 24 heavy (non-hydrogen) atoms. The van der Waals surface area contributed by atoms with E-state index in [9.17, 15) is 13.2 Å².